The van der Waals surface area contributed by atoms with Crippen LogP contribution >= 0.6 is 0 Å². The van der Waals surface area contributed by atoms with E-state index >= 15 is 0 Å². The lowest BCUT2D eigenvalue weighted by atomic mass is 10.0. The summed E-state index contributed by atoms with van der Waals surface area (Å²) in [7, 11) is 0. The molecule has 1 N–H and O–H groups in total. The highest BCUT2D eigenvalue weighted by molar-refractivity contribution is 4.85. The van der Waals surface area contributed by atoms with Crippen LogP contribution in [0.1, 0.15) is 11.8 Å². The molecule has 0 atom stereocenters. The minimum absolute atomic E-state index is 0.277. The Morgan fingerprint density at radius 3 is 2.85 bits per heavy atom. The van der Waals surface area contributed by atoms with Gasteiger partial charge in [-0.25, -0.2) is 0 Å². The van der Waals surface area contributed by atoms with Crippen molar-refractivity contribution in [3.63, 3.8) is 0 Å². The monoisotopic (exact) mass is 183 g/mol. The molecule has 1 saturated heterocycles. The van der Waals surface area contributed by atoms with Crippen molar-refractivity contribution >= 4 is 0 Å². The Balaban J connectivity index is 1.81. The van der Waals surface area contributed by atoms with Gasteiger partial charge in [-0.1, -0.05) is 0 Å². The van der Waals surface area contributed by atoms with Gasteiger partial charge < -0.3 is 9.52 Å². The third kappa shape index (κ3) is 1.87. The van der Waals surface area contributed by atoms with Crippen LogP contribution in [0, 0.1) is 12.8 Å². The van der Waals surface area contributed by atoms with Crippen molar-refractivity contribution in [2.24, 2.45) is 5.92 Å². The summed E-state index contributed by atoms with van der Waals surface area (Å²) in [6, 6.07) is 0. The zero-order valence-electron chi connectivity index (χ0n) is 7.60. The van der Waals surface area contributed by atoms with Crippen molar-refractivity contribution in [2.75, 3.05) is 19.7 Å². The summed E-state index contributed by atoms with van der Waals surface area (Å²) in [6.45, 7) is 4.62. The second-order valence-electron chi connectivity index (χ2n) is 3.46. The Morgan fingerprint density at radius 2 is 2.31 bits per heavy atom. The van der Waals surface area contributed by atoms with E-state index in [1.54, 1.807) is 6.92 Å². The topological polar surface area (TPSA) is 62.4 Å². The molecule has 0 saturated carbocycles. The second kappa shape index (κ2) is 3.43. The Labute approximate surface area is 76.4 Å². The number of likely N-dealkylation sites (tertiary alicyclic amines) is 1. The number of rotatable bonds is 3. The molecule has 1 aliphatic rings. The summed E-state index contributed by atoms with van der Waals surface area (Å²) < 4.78 is 5.23. The van der Waals surface area contributed by atoms with E-state index in [0.717, 1.165) is 13.1 Å². The van der Waals surface area contributed by atoms with Crippen molar-refractivity contribution in [3.05, 3.63) is 11.8 Å². The van der Waals surface area contributed by atoms with E-state index in [9.17, 15) is 0 Å². The van der Waals surface area contributed by atoms with Gasteiger partial charge in [0.25, 0.3) is 0 Å². The molecule has 0 amide bonds. The highest BCUT2D eigenvalue weighted by atomic mass is 16.4. The third-order valence-corrected chi connectivity index (χ3v) is 2.22. The van der Waals surface area contributed by atoms with Crippen LogP contribution in [0.15, 0.2) is 4.42 Å². The van der Waals surface area contributed by atoms with E-state index in [0.29, 0.717) is 24.2 Å². The van der Waals surface area contributed by atoms with Gasteiger partial charge in [0.05, 0.1) is 6.54 Å². The van der Waals surface area contributed by atoms with E-state index in [-0.39, 0.29) is 6.61 Å². The highest BCUT2D eigenvalue weighted by Gasteiger charge is 2.26. The number of aliphatic hydroxyl groups is 1. The summed E-state index contributed by atoms with van der Waals surface area (Å²) >= 11 is 0. The van der Waals surface area contributed by atoms with Gasteiger partial charge in [0.15, 0.2) is 0 Å². The first-order chi connectivity index (χ1) is 6.28. The molecule has 0 radical (unpaired) electrons. The molecular formula is C8H13N3O2. The number of aliphatic hydroxyl groups excluding tert-OH is 1. The van der Waals surface area contributed by atoms with Crippen LogP contribution in [0.4, 0.5) is 0 Å². The van der Waals surface area contributed by atoms with Crippen LogP contribution in [-0.2, 0) is 6.54 Å². The first-order valence-electron chi connectivity index (χ1n) is 4.40. The summed E-state index contributed by atoms with van der Waals surface area (Å²) in [4.78, 5) is 2.17. The first kappa shape index (κ1) is 8.65. The Hall–Kier alpha value is -0.940. The molecule has 0 spiro atoms. The molecule has 1 aliphatic heterocycles. The molecule has 1 fully saturated rings. The minimum Gasteiger partial charge on any atom is -0.424 e. The lowest BCUT2D eigenvalue weighted by molar-refractivity contribution is 0.0414. The van der Waals surface area contributed by atoms with E-state index in [1.807, 2.05) is 0 Å². The summed E-state index contributed by atoms with van der Waals surface area (Å²) in [5.41, 5.74) is 0. The fourth-order valence-corrected chi connectivity index (χ4v) is 1.51. The summed E-state index contributed by atoms with van der Waals surface area (Å²) in [5, 5.41) is 16.4. The van der Waals surface area contributed by atoms with Crippen molar-refractivity contribution in [1.82, 2.24) is 15.1 Å². The second-order valence-corrected chi connectivity index (χ2v) is 3.46. The molecule has 5 nitrogen and oxygen atoms in total. The average molecular weight is 183 g/mol. The van der Waals surface area contributed by atoms with E-state index in [4.69, 9.17) is 9.52 Å². The van der Waals surface area contributed by atoms with Gasteiger partial charge in [0.2, 0.25) is 11.8 Å². The van der Waals surface area contributed by atoms with Crippen LogP contribution in [0.5, 0.6) is 0 Å². The normalized spacial score (nSPS) is 18.9. The van der Waals surface area contributed by atoms with Crippen LogP contribution in [0.25, 0.3) is 0 Å². The standard InChI is InChI=1S/C8H13N3O2/c1-6-9-10-8(13-6)4-11-2-7(3-11)5-12/h7,12H,2-5H2,1H3. The zero-order valence-corrected chi connectivity index (χ0v) is 7.60. The van der Waals surface area contributed by atoms with Gasteiger partial charge in [0.1, 0.15) is 0 Å². The molecule has 2 heterocycles. The van der Waals surface area contributed by atoms with Crippen LogP contribution in [-0.4, -0.2) is 39.9 Å². The smallest absolute Gasteiger partial charge is 0.230 e. The van der Waals surface area contributed by atoms with Crippen molar-refractivity contribution < 1.29 is 9.52 Å². The predicted octanol–water partition coefficient (Wildman–Crippen LogP) is -0.198. The Bertz CT molecular complexity index is 281. The SMILES string of the molecule is Cc1nnc(CN2CC(CO)C2)o1. The van der Waals surface area contributed by atoms with Gasteiger partial charge >= 0.3 is 0 Å². The van der Waals surface area contributed by atoms with Gasteiger partial charge in [-0.2, -0.15) is 0 Å². The summed E-state index contributed by atoms with van der Waals surface area (Å²) in [6.07, 6.45) is 0. The van der Waals surface area contributed by atoms with Crippen LogP contribution < -0.4 is 0 Å². The molecule has 0 bridgehead atoms. The molecule has 0 aromatic carbocycles. The molecule has 0 unspecified atom stereocenters. The fourth-order valence-electron chi connectivity index (χ4n) is 1.51. The van der Waals surface area contributed by atoms with E-state index < -0.39 is 0 Å². The molecular weight excluding hydrogens is 170 g/mol. The highest BCUT2D eigenvalue weighted by Crippen LogP contribution is 2.16. The van der Waals surface area contributed by atoms with Gasteiger partial charge in [-0.05, 0) is 0 Å². The van der Waals surface area contributed by atoms with Gasteiger partial charge in [-0.15, -0.1) is 10.2 Å². The molecule has 1 aromatic heterocycles. The molecule has 0 aliphatic carbocycles. The lowest BCUT2D eigenvalue weighted by Crippen LogP contribution is -2.47. The summed E-state index contributed by atoms with van der Waals surface area (Å²) in [5.74, 6) is 1.70. The number of nitrogens with zero attached hydrogens (tertiary/aromatic N) is 3. The van der Waals surface area contributed by atoms with Crippen molar-refractivity contribution in [2.45, 2.75) is 13.5 Å². The lowest BCUT2D eigenvalue weighted by Gasteiger charge is -2.37. The maximum atomic E-state index is 8.80. The van der Waals surface area contributed by atoms with Gasteiger partial charge in [-0.3, -0.25) is 4.90 Å². The van der Waals surface area contributed by atoms with E-state index in [1.165, 1.54) is 0 Å². The molecule has 72 valence electrons. The van der Waals surface area contributed by atoms with E-state index in [2.05, 4.69) is 15.1 Å². The van der Waals surface area contributed by atoms with Crippen molar-refractivity contribution in [1.29, 1.82) is 0 Å². The Kier molecular flexibility index (Phi) is 2.28. The maximum absolute atomic E-state index is 8.80. The number of aryl methyl sites for hydroxylation is 1. The molecule has 5 heteroatoms. The largest absolute Gasteiger partial charge is 0.424 e. The molecule has 1 aromatic rings. The Morgan fingerprint density at radius 1 is 1.54 bits per heavy atom. The molecule has 13 heavy (non-hydrogen) atoms. The quantitative estimate of drug-likeness (QED) is 0.703. The first-order valence-corrected chi connectivity index (χ1v) is 4.40. The fraction of sp³-hybridized carbons (Fsp3) is 0.750. The maximum Gasteiger partial charge on any atom is 0.230 e. The number of hydrogen-bond acceptors (Lipinski definition) is 5. The number of aromatic nitrogens is 2. The third-order valence-electron chi connectivity index (χ3n) is 2.22. The number of hydrogen-bond donors (Lipinski definition) is 1. The van der Waals surface area contributed by atoms with Gasteiger partial charge in [0, 0.05) is 32.5 Å². The van der Waals surface area contributed by atoms with Crippen LogP contribution in [0.2, 0.25) is 0 Å². The zero-order chi connectivity index (χ0) is 9.26. The van der Waals surface area contributed by atoms with Crippen molar-refractivity contribution in [3.8, 4) is 0 Å². The predicted molar refractivity (Wildman–Crippen MR) is 44.9 cm³/mol. The average Bonchev–Trinajstić information content (AvgIpc) is 2.43. The van der Waals surface area contributed by atoms with Crippen LogP contribution in [0.3, 0.4) is 0 Å². The minimum atomic E-state index is 0.277. The molecule has 2 rings (SSSR count).